The summed E-state index contributed by atoms with van der Waals surface area (Å²) in [6, 6.07) is 2.55. The summed E-state index contributed by atoms with van der Waals surface area (Å²) in [7, 11) is 2.84. The number of nitrogens with one attached hydrogen (secondary N) is 1. The van der Waals surface area contributed by atoms with Crippen LogP contribution in [0.15, 0.2) is 18.2 Å². The Kier molecular flexibility index (Phi) is 6.28. The first-order valence-electron chi connectivity index (χ1n) is 7.25. The van der Waals surface area contributed by atoms with Gasteiger partial charge in [-0.05, 0) is 31.5 Å². The summed E-state index contributed by atoms with van der Waals surface area (Å²) >= 11 is 0. The molecular formula is C16H20F3NO5. The van der Waals surface area contributed by atoms with E-state index in [1.807, 2.05) is 5.32 Å². The summed E-state index contributed by atoms with van der Waals surface area (Å²) < 4.78 is 47.6. The first-order chi connectivity index (χ1) is 11.4. The lowest BCUT2D eigenvalue weighted by Gasteiger charge is -2.27. The smallest absolute Gasteiger partial charge is 0.391 e. The van der Waals surface area contributed by atoms with Gasteiger partial charge in [0.25, 0.3) is 0 Å². The van der Waals surface area contributed by atoms with Gasteiger partial charge in [0.05, 0.1) is 26.1 Å². The lowest BCUT2D eigenvalue weighted by molar-refractivity contribution is -0.160. The van der Waals surface area contributed by atoms with Crippen molar-refractivity contribution in [3.8, 4) is 11.5 Å². The SMILES string of the molecule is COc1ccc(C(C)(C)C(=O)NC(CC(F)(F)F)C(=O)O)cc1OC. The van der Waals surface area contributed by atoms with E-state index in [0.29, 0.717) is 17.1 Å². The van der Waals surface area contributed by atoms with Crippen molar-refractivity contribution in [1.82, 2.24) is 5.32 Å². The van der Waals surface area contributed by atoms with Gasteiger partial charge in [0.15, 0.2) is 11.5 Å². The summed E-state index contributed by atoms with van der Waals surface area (Å²) in [5.41, 5.74) is -0.863. The highest BCUT2D eigenvalue weighted by Crippen LogP contribution is 2.33. The largest absolute Gasteiger partial charge is 0.493 e. The molecule has 6 nitrogen and oxygen atoms in total. The minimum atomic E-state index is -4.72. The molecule has 0 spiro atoms. The molecule has 0 saturated carbocycles. The molecule has 1 rings (SSSR count). The molecule has 0 saturated heterocycles. The fourth-order valence-corrected chi connectivity index (χ4v) is 2.13. The van der Waals surface area contributed by atoms with Crippen molar-refractivity contribution in [2.75, 3.05) is 14.2 Å². The Morgan fingerprint density at radius 1 is 1.16 bits per heavy atom. The molecule has 1 unspecified atom stereocenters. The van der Waals surface area contributed by atoms with E-state index in [1.165, 1.54) is 34.1 Å². The molecule has 25 heavy (non-hydrogen) atoms. The van der Waals surface area contributed by atoms with E-state index in [4.69, 9.17) is 14.6 Å². The zero-order valence-corrected chi connectivity index (χ0v) is 14.2. The molecular weight excluding hydrogens is 343 g/mol. The Labute approximate surface area is 142 Å². The zero-order valence-electron chi connectivity index (χ0n) is 14.2. The molecule has 0 aliphatic carbocycles. The molecule has 0 aliphatic heterocycles. The van der Waals surface area contributed by atoms with Gasteiger partial charge in [-0.3, -0.25) is 4.79 Å². The van der Waals surface area contributed by atoms with E-state index in [9.17, 15) is 22.8 Å². The van der Waals surface area contributed by atoms with E-state index >= 15 is 0 Å². The predicted octanol–water partition coefficient (Wildman–Crippen LogP) is 2.50. The fraction of sp³-hybridized carbons (Fsp3) is 0.500. The number of hydrogen-bond acceptors (Lipinski definition) is 4. The van der Waals surface area contributed by atoms with Crippen LogP contribution in [-0.2, 0) is 15.0 Å². The fourth-order valence-electron chi connectivity index (χ4n) is 2.13. The van der Waals surface area contributed by atoms with Gasteiger partial charge in [-0.25, -0.2) is 4.79 Å². The average molecular weight is 363 g/mol. The van der Waals surface area contributed by atoms with Gasteiger partial charge in [-0.15, -0.1) is 0 Å². The second-order valence-electron chi connectivity index (χ2n) is 5.88. The van der Waals surface area contributed by atoms with Crippen LogP contribution in [0.2, 0.25) is 0 Å². The highest BCUT2D eigenvalue weighted by Gasteiger charge is 2.39. The molecule has 9 heteroatoms. The summed E-state index contributed by atoms with van der Waals surface area (Å²) in [6.07, 6.45) is -6.38. The standard InChI is InChI=1S/C16H20F3NO5/c1-15(2,9-5-6-11(24-3)12(7-9)25-4)14(23)20-10(13(21)22)8-16(17,18)19/h5-7,10H,8H2,1-4H3,(H,20,23)(H,21,22). The first kappa shape index (κ1) is 20.6. The topological polar surface area (TPSA) is 84.9 Å². The van der Waals surface area contributed by atoms with Gasteiger partial charge in [0.2, 0.25) is 5.91 Å². The van der Waals surface area contributed by atoms with Crippen LogP contribution in [0, 0.1) is 0 Å². The Hall–Kier alpha value is -2.45. The van der Waals surface area contributed by atoms with Crippen LogP contribution < -0.4 is 14.8 Å². The van der Waals surface area contributed by atoms with Crippen molar-refractivity contribution in [3.63, 3.8) is 0 Å². The van der Waals surface area contributed by atoms with Crippen molar-refractivity contribution < 1.29 is 37.3 Å². The molecule has 0 bridgehead atoms. The third-order valence-corrected chi connectivity index (χ3v) is 3.71. The number of methoxy groups -OCH3 is 2. The summed E-state index contributed by atoms with van der Waals surface area (Å²) in [5, 5.41) is 10.9. The number of carbonyl (C=O) groups is 2. The normalized spacial score (nSPS) is 13.1. The minimum absolute atomic E-state index is 0.339. The number of carbonyl (C=O) groups excluding carboxylic acids is 1. The molecule has 0 radical (unpaired) electrons. The minimum Gasteiger partial charge on any atom is -0.493 e. The van der Waals surface area contributed by atoms with Crippen LogP contribution >= 0.6 is 0 Å². The van der Waals surface area contributed by atoms with E-state index in [1.54, 1.807) is 12.1 Å². The average Bonchev–Trinajstić information content (AvgIpc) is 2.51. The Bertz CT molecular complexity index is 643. The molecule has 0 aromatic heterocycles. The van der Waals surface area contributed by atoms with Crippen molar-refractivity contribution in [2.24, 2.45) is 0 Å². The van der Waals surface area contributed by atoms with E-state index in [-0.39, 0.29) is 0 Å². The van der Waals surface area contributed by atoms with Gasteiger partial charge in [-0.1, -0.05) is 6.07 Å². The second kappa shape index (κ2) is 7.62. The zero-order chi connectivity index (χ0) is 19.4. The summed E-state index contributed by atoms with van der Waals surface area (Å²) in [5.74, 6) is -1.85. The maximum Gasteiger partial charge on any atom is 0.391 e. The Morgan fingerprint density at radius 2 is 1.72 bits per heavy atom. The molecule has 140 valence electrons. The number of ether oxygens (including phenoxy) is 2. The maximum atomic E-state index is 12.5. The van der Waals surface area contributed by atoms with Crippen LogP contribution in [0.25, 0.3) is 0 Å². The lowest BCUT2D eigenvalue weighted by atomic mass is 9.83. The molecule has 1 atom stereocenters. The number of carboxylic acids is 1. The number of rotatable bonds is 7. The molecule has 1 aromatic carbocycles. The number of aliphatic carboxylic acids is 1. The number of halogens is 3. The Balaban J connectivity index is 3.07. The monoisotopic (exact) mass is 363 g/mol. The van der Waals surface area contributed by atoms with Crippen LogP contribution in [-0.4, -0.2) is 43.4 Å². The second-order valence-corrected chi connectivity index (χ2v) is 5.88. The van der Waals surface area contributed by atoms with E-state index < -0.39 is 35.9 Å². The van der Waals surface area contributed by atoms with Gasteiger partial charge in [0, 0.05) is 0 Å². The number of hydrogen-bond donors (Lipinski definition) is 2. The molecule has 1 amide bonds. The third kappa shape index (κ3) is 5.27. The van der Waals surface area contributed by atoms with E-state index in [2.05, 4.69) is 0 Å². The van der Waals surface area contributed by atoms with Crippen molar-refractivity contribution >= 4 is 11.9 Å². The van der Waals surface area contributed by atoms with Crippen molar-refractivity contribution in [1.29, 1.82) is 0 Å². The Morgan fingerprint density at radius 3 is 2.16 bits per heavy atom. The number of carboxylic acid groups (broad SMARTS) is 1. The highest BCUT2D eigenvalue weighted by molar-refractivity contribution is 5.91. The molecule has 0 heterocycles. The number of benzene rings is 1. The summed E-state index contributed by atoms with van der Waals surface area (Å²) in [6.45, 7) is 2.94. The molecule has 0 fully saturated rings. The molecule has 2 N–H and O–H groups in total. The van der Waals surface area contributed by atoms with Crippen LogP contribution in [0.3, 0.4) is 0 Å². The van der Waals surface area contributed by atoms with Crippen molar-refractivity contribution in [2.45, 2.75) is 37.9 Å². The first-order valence-corrected chi connectivity index (χ1v) is 7.25. The van der Waals surface area contributed by atoms with Gasteiger partial charge < -0.3 is 19.9 Å². The number of amides is 1. The highest BCUT2D eigenvalue weighted by atomic mass is 19.4. The van der Waals surface area contributed by atoms with Crippen LogP contribution in [0.1, 0.15) is 25.8 Å². The lowest BCUT2D eigenvalue weighted by Crippen LogP contribution is -2.49. The maximum absolute atomic E-state index is 12.5. The summed E-state index contributed by atoms with van der Waals surface area (Å²) in [4.78, 5) is 23.4. The third-order valence-electron chi connectivity index (χ3n) is 3.71. The molecule has 1 aromatic rings. The van der Waals surface area contributed by atoms with Gasteiger partial charge >= 0.3 is 12.1 Å². The van der Waals surface area contributed by atoms with Gasteiger partial charge in [0.1, 0.15) is 6.04 Å². The predicted molar refractivity (Wildman–Crippen MR) is 82.8 cm³/mol. The van der Waals surface area contributed by atoms with Crippen LogP contribution in [0.4, 0.5) is 13.2 Å². The van der Waals surface area contributed by atoms with E-state index in [0.717, 1.165) is 0 Å². The quantitative estimate of drug-likeness (QED) is 0.778. The van der Waals surface area contributed by atoms with Gasteiger partial charge in [-0.2, -0.15) is 13.2 Å². The van der Waals surface area contributed by atoms with Crippen molar-refractivity contribution in [3.05, 3.63) is 23.8 Å². The van der Waals surface area contributed by atoms with Crippen LogP contribution in [0.5, 0.6) is 11.5 Å². The molecule has 0 aliphatic rings. The number of alkyl halides is 3.